The van der Waals surface area contributed by atoms with E-state index in [1.165, 1.54) is 65.3 Å². The average Bonchev–Trinajstić information content (AvgIpc) is 3.63. The molecule has 0 saturated carbocycles. The molecule has 4 aromatic rings. The van der Waals surface area contributed by atoms with Gasteiger partial charge in [-0.3, -0.25) is 9.69 Å². The number of aromatic nitrogens is 3. The van der Waals surface area contributed by atoms with Gasteiger partial charge < -0.3 is 10.1 Å². The van der Waals surface area contributed by atoms with E-state index in [0.717, 1.165) is 23.9 Å². The summed E-state index contributed by atoms with van der Waals surface area (Å²) >= 11 is 1.04. The molecular weight excluding hydrogens is 631 g/mol. The Morgan fingerprint density at radius 1 is 1.07 bits per heavy atom. The normalized spacial score (nSPS) is 15.0. The van der Waals surface area contributed by atoms with Crippen molar-refractivity contribution in [3.05, 3.63) is 95.7 Å². The van der Waals surface area contributed by atoms with Gasteiger partial charge in [0.05, 0.1) is 22.8 Å². The van der Waals surface area contributed by atoms with Gasteiger partial charge in [-0.15, -0.1) is 18.3 Å². The van der Waals surface area contributed by atoms with Crippen LogP contribution in [0.15, 0.2) is 83.7 Å². The summed E-state index contributed by atoms with van der Waals surface area (Å²) < 4.78 is 71.6. The first-order valence-corrected chi connectivity index (χ1v) is 14.7. The van der Waals surface area contributed by atoms with Crippen molar-refractivity contribution in [3.63, 3.8) is 0 Å². The molecule has 1 aliphatic rings. The minimum absolute atomic E-state index is 0.0346. The van der Waals surface area contributed by atoms with Crippen LogP contribution < -0.4 is 15.0 Å². The molecule has 0 radical (unpaired) electrons. The van der Waals surface area contributed by atoms with E-state index in [0.29, 0.717) is 22.5 Å². The molecule has 5 rings (SSSR count). The topological polar surface area (TPSA) is 102 Å². The monoisotopic (exact) mass is 656 g/mol. The number of carbonyl (C=O) groups excluding carboxylic acids is 2. The lowest BCUT2D eigenvalue weighted by Crippen LogP contribution is -2.32. The molecule has 0 atom stereocenters. The van der Waals surface area contributed by atoms with Crippen LogP contribution in [0.4, 0.5) is 32.4 Å². The molecule has 46 heavy (non-hydrogen) atoms. The molecule has 0 bridgehead atoms. The maximum absolute atomic E-state index is 15.3. The molecular formula is C31H25F5N6O3S. The summed E-state index contributed by atoms with van der Waals surface area (Å²) in [5.41, 5.74) is 2.00. The maximum atomic E-state index is 15.3. The summed E-state index contributed by atoms with van der Waals surface area (Å²) in [5, 5.41) is 6.80. The van der Waals surface area contributed by atoms with Gasteiger partial charge in [0.15, 0.2) is 11.0 Å². The van der Waals surface area contributed by atoms with Crippen molar-refractivity contribution in [2.75, 3.05) is 10.7 Å². The Balaban J connectivity index is 1.28. The van der Waals surface area contributed by atoms with Crippen molar-refractivity contribution in [1.82, 2.24) is 20.1 Å². The Kier molecular flexibility index (Phi) is 9.23. The summed E-state index contributed by atoms with van der Waals surface area (Å²) in [4.78, 5) is 34.9. The highest BCUT2D eigenvalue weighted by Crippen LogP contribution is 2.34. The summed E-state index contributed by atoms with van der Waals surface area (Å²) in [5.74, 6) is -1.68. The second kappa shape index (κ2) is 13.1. The fraction of sp³-hybridized carbons (Fsp3) is 0.194. The molecule has 0 spiro atoms. The first kappa shape index (κ1) is 32.3. The number of carbonyl (C=O) groups is 2. The number of hydrogen-bond donors (Lipinski definition) is 1. The number of alkyl halides is 3. The third kappa shape index (κ3) is 7.42. The van der Waals surface area contributed by atoms with Gasteiger partial charge >= 0.3 is 12.4 Å². The van der Waals surface area contributed by atoms with Gasteiger partial charge in [0.1, 0.15) is 23.7 Å². The number of thioether (sulfide) groups is 1. The van der Waals surface area contributed by atoms with E-state index in [1.807, 2.05) is 13.8 Å². The van der Waals surface area contributed by atoms with Gasteiger partial charge in [0, 0.05) is 11.1 Å². The molecule has 238 valence electrons. The van der Waals surface area contributed by atoms with Crippen LogP contribution in [-0.4, -0.2) is 44.0 Å². The first-order valence-electron chi connectivity index (χ1n) is 13.7. The summed E-state index contributed by atoms with van der Waals surface area (Å²) in [6, 6.07) is 14.3. The number of urea groups is 1. The predicted molar refractivity (Wildman–Crippen MR) is 164 cm³/mol. The summed E-state index contributed by atoms with van der Waals surface area (Å²) in [6.07, 6.45) is -3.43. The number of aliphatic imine (C=N–C) groups is 1. The number of hydrogen-bond acceptors (Lipinski definition) is 6. The highest BCUT2D eigenvalue weighted by Gasteiger charge is 2.33. The number of benzene rings is 3. The van der Waals surface area contributed by atoms with Crippen LogP contribution in [0, 0.1) is 5.82 Å². The van der Waals surface area contributed by atoms with Crippen LogP contribution in [0.2, 0.25) is 0 Å². The fourth-order valence-electron chi connectivity index (χ4n) is 4.51. The van der Waals surface area contributed by atoms with Gasteiger partial charge in [-0.1, -0.05) is 49.9 Å². The van der Waals surface area contributed by atoms with Crippen molar-refractivity contribution in [3.8, 4) is 22.8 Å². The molecule has 15 heteroatoms. The van der Waals surface area contributed by atoms with Crippen LogP contribution in [0.1, 0.15) is 37.8 Å². The number of nitrogens with one attached hydrogen (secondary N) is 1. The highest BCUT2D eigenvalue weighted by molar-refractivity contribution is 8.15. The SMILES string of the molecule is C/C(NC(=O)/N=C1\SCC(=O)N1c1ccc(F)cc1C(C)C)=C(/F)c1ccc(-c2ncn(-c3ccc(OC(F)(F)F)cc3)n2)cc1. The van der Waals surface area contributed by atoms with Crippen LogP contribution in [0.5, 0.6) is 5.75 Å². The van der Waals surface area contributed by atoms with E-state index in [2.05, 4.69) is 25.1 Å². The Morgan fingerprint density at radius 2 is 1.76 bits per heavy atom. The van der Waals surface area contributed by atoms with Crippen molar-refractivity contribution in [2.45, 2.75) is 33.1 Å². The van der Waals surface area contributed by atoms with Crippen LogP contribution in [-0.2, 0) is 4.79 Å². The van der Waals surface area contributed by atoms with E-state index < -0.39 is 24.0 Å². The minimum Gasteiger partial charge on any atom is -0.406 e. The molecule has 1 N–H and O–H groups in total. The lowest BCUT2D eigenvalue weighted by Gasteiger charge is -2.21. The lowest BCUT2D eigenvalue weighted by atomic mass is 10.0. The van der Waals surface area contributed by atoms with Crippen molar-refractivity contribution in [2.24, 2.45) is 4.99 Å². The van der Waals surface area contributed by atoms with E-state index >= 15 is 4.39 Å². The molecule has 0 aliphatic carbocycles. The molecule has 3 amide bonds. The summed E-state index contributed by atoms with van der Waals surface area (Å²) in [7, 11) is 0. The van der Waals surface area contributed by atoms with Gasteiger partial charge in [-0.25, -0.2) is 23.2 Å². The van der Waals surface area contributed by atoms with Crippen molar-refractivity contribution >= 4 is 40.4 Å². The third-order valence-electron chi connectivity index (χ3n) is 6.66. The highest BCUT2D eigenvalue weighted by atomic mass is 32.2. The fourth-order valence-corrected chi connectivity index (χ4v) is 5.36. The quantitative estimate of drug-likeness (QED) is 0.206. The molecule has 1 fully saturated rings. The standard InChI is InChI=1S/C31H25F5N6O3S/c1-17(2)24-14-21(32)8-13-25(24)42-26(43)15-46-30(42)39-29(44)38-18(3)27(33)19-4-6-20(7-5-19)28-37-16-41(40-28)22-9-11-23(12-10-22)45-31(34,35)36/h4-14,16-17H,15H2,1-3H3,(H,38,44)/b27-18-,39-30-. The van der Waals surface area contributed by atoms with Crippen LogP contribution in [0.3, 0.4) is 0 Å². The number of ether oxygens (including phenoxy) is 1. The van der Waals surface area contributed by atoms with E-state index in [1.54, 1.807) is 12.1 Å². The third-order valence-corrected chi connectivity index (χ3v) is 7.59. The Labute approximate surface area is 263 Å². The van der Waals surface area contributed by atoms with E-state index in [4.69, 9.17) is 0 Å². The van der Waals surface area contributed by atoms with Gasteiger partial charge in [-0.05, 0) is 60.9 Å². The number of amides is 3. The Bertz CT molecular complexity index is 1840. The van der Waals surface area contributed by atoms with Crippen LogP contribution >= 0.6 is 11.8 Å². The number of halogens is 5. The number of anilines is 1. The maximum Gasteiger partial charge on any atom is 0.573 e. The van der Waals surface area contributed by atoms with Gasteiger partial charge in [0.25, 0.3) is 0 Å². The predicted octanol–water partition coefficient (Wildman–Crippen LogP) is 7.60. The Morgan fingerprint density at radius 3 is 2.41 bits per heavy atom. The largest absolute Gasteiger partial charge is 0.573 e. The first-order chi connectivity index (χ1) is 21.8. The zero-order chi connectivity index (χ0) is 33.2. The second-order valence-electron chi connectivity index (χ2n) is 10.3. The Hall–Kier alpha value is -5.05. The average molecular weight is 657 g/mol. The van der Waals surface area contributed by atoms with Gasteiger partial charge in [0.2, 0.25) is 5.91 Å². The molecule has 2 heterocycles. The number of amidine groups is 1. The smallest absolute Gasteiger partial charge is 0.406 e. The molecule has 9 nitrogen and oxygen atoms in total. The number of nitrogens with zero attached hydrogens (tertiary/aromatic N) is 5. The molecule has 1 saturated heterocycles. The molecule has 1 aliphatic heterocycles. The number of allylic oxidation sites excluding steroid dienone is 1. The van der Waals surface area contributed by atoms with E-state index in [9.17, 15) is 27.2 Å². The minimum atomic E-state index is -4.80. The van der Waals surface area contributed by atoms with Crippen molar-refractivity contribution < 1.29 is 36.3 Å². The van der Waals surface area contributed by atoms with E-state index in [-0.39, 0.29) is 45.6 Å². The number of rotatable bonds is 7. The molecule has 3 aromatic carbocycles. The van der Waals surface area contributed by atoms with Crippen LogP contribution in [0.25, 0.3) is 22.9 Å². The van der Waals surface area contributed by atoms with Gasteiger partial charge in [-0.2, -0.15) is 4.99 Å². The zero-order valence-corrected chi connectivity index (χ0v) is 25.3. The zero-order valence-electron chi connectivity index (χ0n) is 24.5. The molecule has 1 aromatic heterocycles. The lowest BCUT2D eigenvalue weighted by molar-refractivity contribution is -0.274. The van der Waals surface area contributed by atoms with Crippen molar-refractivity contribution in [1.29, 1.82) is 0 Å². The second-order valence-corrected chi connectivity index (χ2v) is 11.2. The molecule has 0 unspecified atom stereocenters. The summed E-state index contributed by atoms with van der Waals surface area (Å²) in [6.45, 7) is 5.06.